The molecule has 2 rings (SSSR count). The fraction of sp³-hybridized carbons (Fsp3) is 0.417. The van der Waals surface area contributed by atoms with Crippen molar-refractivity contribution >= 4 is 23.0 Å². The summed E-state index contributed by atoms with van der Waals surface area (Å²) in [4.78, 5) is 13.2. The first-order valence-electron chi connectivity index (χ1n) is 5.67. The Morgan fingerprint density at radius 3 is 3.00 bits per heavy atom. The molecule has 0 saturated heterocycles. The number of para-hydroxylation sites is 1. The Kier molecular flexibility index (Phi) is 3.08. The topological polar surface area (TPSA) is 70.4 Å². The minimum absolute atomic E-state index is 0.0853. The molecule has 0 saturated carbocycles. The number of nitrogens with two attached hydrogens (primary N) is 1. The van der Waals surface area contributed by atoms with E-state index >= 15 is 0 Å². The molecule has 1 aromatic rings. The van der Waals surface area contributed by atoms with Crippen molar-refractivity contribution in [2.75, 3.05) is 37.0 Å². The van der Waals surface area contributed by atoms with Gasteiger partial charge in [0.1, 0.15) is 0 Å². The van der Waals surface area contributed by atoms with E-state index in [9.17, 15) is 4.79 Å². The molecule has 92 valence electrons. The van der Waals surface area contributed by atoms with E-state index in [4.69, 9.17) is 5.73 Å². The van der Waals surface area contributed by atoms with Crippen molar-refractivity contribution in [3.63, 3.8) is 0 Å². The number of fused-ring (bicyclic) bond motifs is 1. The Labute approximate surface area is 101 Å². The van der Waals surface area contributed by atoms with Gasteiger partial charge in [-0.05, 0) is 12.1 Å². The number of nitrogens with one attached hydrogen (secondary N) is 2. The van der Waals surface area contributed by atoms with Crippen molar-refractivity contribution in [2.45, 2.75) is 12.5 Å². The van der Waals surface area contributed by atoms with Crippen LogP contribution >= 0.6 is 0 Å². The lowest BCUT2D eigenvalue weighted by Crippen LogP contribution is -2.38. The number of rotatable bonds is 2. The fourth-order valence-corrected chi connectivity index (χ4v) is 1.88. The molecule has 0 spiro atoms. The molecule has 1 heterocycles. The van der Waals surface area contributed by atoms with Gasteiger partial charge in [0.05, 0.1) is 23.1 Å². The van der Waals surface area contributed by atoms with Gasteiger partial charge < -0.3 is 21.3 Å². The van der Waals surface area contributed by atoms with Crippen LogP contribution in [-0.2, 0) is 4.79 Å². The van der Waals surface area contributed by atoms with Crippen molar-refractivity contribution < 1.29 is 4.79 Å². The molecule has 0 aliphatic carbocycles. The smallest absolute Gasteiger partial charge is 0.224 e. The maximum absolute atomic E-state index is 11.6. The largest absolute Gasteiger partial charge is 0.397 e. The van der Waals surface area contributed by atoms with Crippen molar-refractivity contribution in [3.05, 3.63) is 18.2 Å². The minimum atomic E-state index is 0.0853. The maximum Gasteiger partial charge on any atom is 0.224 e. The molecule has 1 atom stereocenters. The summed E-state index contributed by atoms with van der Waals surface area (Å²) in [6.45, 7) is 0.732. The summed E-state index contributed by atoms with van der Waals surface area (Å²) in [6, 6.07) is 5.82. The van der Waals surface area contributed by atoms with Crippen LogP contribution in [0.15, 0.2) is 18.2 Å². The summed E-state index contributed by atoms with van der Waals surface area (Å²) in [5, 5.41) is 6.60. The van der Waals surface area contributed by atoms with Gasteiger partial charge in [0.15, 0.2) is 0 Å². The highest BCUT2D eigenvalue weighted by Crippen LogP contribution is 2.32. The molecule has 5 heteroatoms. The molecule has 1 amide bonds. The summed E-state index contributed by atoms with van der Waals surface area (Å²) in [5.74, 6) is 0.113. The lowest BCUT2D eigenvalue weighted by Gasteiger charge is -2.29. The van der Waals surface area contributed by atoms with E-state index < -0.39 is 0 Å². The van der Waals surface area contributed by atoms with Gasteiger partial charge in [-0.15, -0.1) is 0 Å². The van der Waals surface area contributed by atoms with Crippen molar-refractivity contribution in [3.8, 4) is 0 Å². The van der Waals surface area contributed by atoms with E-state index in [1.807, 2.05) is 18.2 Å². The van der Waals surface area contributed by atoms with Crippen LogP contribution in [0.2, 0.25) is 0 Å². The van der Waals surface area contributed by atoms with Crippen LogP contribution in [0.1, 0.15) is 6.42 Å². The Morgan fingerprint density at radius 1 is 1.53 bits per heavy atom. The van der Waals surface area contributed by atoms with Crippen LogP contribution in [0, 0.1) is 0 Å². The monoisotopic (exact) mass is 234 g/mol. The van der Waals surface area contributed by atoms with E-state index in [1.165, 1.54) is 0 Å². The lowest BCUT2D eigenvalue weighted by molar-refractivity contribution is -0.128. The highest BCUT2D eigenvalue weighted by molar-refractivity contribution is 5.84. The highest BCUT2D eigenvalue weighted by atomic mass is 16.2. The second-order valence-corrected chi connectivity index (χ2v) is 4.48. The Bertz CT molecular complexity index is 431. The van der Waals surface area contributed by atoms with Gasteiger partial charge >= 0.3 is 0 Å². The number of hydrogen-bond donors (Lipinski definition) is 3. The number of amides is 1. The Balaban J connectivity index is 2.08. The molecule has 4 N–H and O–H groups in total. The summed E-state index contributed by atoms with van der Waals surface area (Å²) in [6.07, 6.45) is 0.466. The van der Waals surface area contributed by atoms with Gasteiger partial charge in [-0.2, -0.15) is 0 Å². The van der Waals surface area contributed by atoms with Crippen molar-refractivity contribution in [1.29, 1.82) is 0 Å². The van der Waals surface area contributed by atoms with Crippen LogP contribution in [-0.4, -0.2) is 37.5 Å². The zero-order chi connectivity index (χ0) is 12.4. The molecular formula is C12H18N4O. The molecule has 0 radical (unpaired) electrons. The first-order valence-corrected chi connectivity index (χ1v) is 5.67. The number of anilines is 3. The number of carbonyl (C=O) groups excluding carboxylic acids is 1. The van der Waals surface area contributed by atoms with Gasteiger partial charge in [0, 0.05) is 27.1 Å². The van der Waals surface area contributed by atoms with E-state index in [0.717, 1.165) is 17.9 Å². The van der Waals surface area contributed by atoms with E-state index in [0.29, 0.717) is 12.1 Å². The number of nitrogen functional groups attached to an aromatic ring is 1. The normalized spacial score (nSPS) is 17.6. The number of nitrogens with zero attached hydrogens (tertiary/aromatic N) is 1. The third-order valence-corrected chi connectivity index (χ3v) is 2.90. The summed E-state index contributed by atoms with van der Waals surface area (Å²) < 4.78 is 0. The second kappa shape index (κ2) is 4.53. The first kappa shape index (κ1) is 11.6. The third kappa shape index (κ3) is 2.43. The van der Waals surface area contributed by atoms with Crippen molar-refractivity contribution in [2.24, 2.45) is 0 Å². The maximum atomic E-state index is 11.6. The average Bonchev–Trinajstić information content (AvgIpc) is 2.30. The average molecular weight is 234 g/mol. The molecule has 0 aromatic heterocycles. The molecule has 1 aromatic carbocycles. The van der Waals surface area contributed by atoms with Crippen LogP contribution < -0.4 is 16.4 Å². The van der Waals surface area contributed by atoms with Crippen molar-refractivity contribution in [1.82, 2.24) is 4.90 Å². The molecule has 5 nitrogen and oxygen atoms in total. The van der Waals surface area contributed by atoms with Gasteiger partial charge in [0.2, 0.25) is 5.91 Å². The summed E-state index contributed by atoms with van der Waals surface area (Å²) in [7, 11) is 3.53. The Morgan fingerprint density at radius 2 is 2.29 bits per heavy atom. The standard InChI is InChI=1S/C12H18N4O/c1-16(2)11(17)6-8-7-14-10-5-3-4-9(13)12(10)15-8/h3-5,8,14-15H,6-7,13H2,1-2H3/t8-/m0/s1. The molecule has 1 aliphatic heterocycles. The van der Waals surface area contributed by atoms with Crippen LogP contribution in [0.3, 0.4) is 0 Å². The predicted octanol–water partition coefficient (Wildman–Crippen LogP) is 0.953. The zero-order valence-electron chi connectivity index (χ0n) is 10.2. The molecule has 1 aliphatic rings. The number of hydrogen-bond acceptors (Lipinski definition) is 4. The van der Waals surface area contributed by atoms with E-state index in [1.54, 1.807) is 19.0 Å². The zero-order valence-corrected chi connectivity index (χ0v) is 10.2. The number of benzene rings is 1. The van der Waals surface area contributed by atoms with Gasteiger partial charge in [-0.3, -0.25) is 4.79 Å². The van der Waals surface area contributed by atoms with Crippen LogP contribution in [0.25, 0.3) is 0 Å². The van der Waals surface area contributed by atoms with E-state index in [2.05, 4.69) is 10.6 Å². The second-order valence-electron chi connectivity index (χ2n) is 4.48. The third-order valence-electron chi connectivity index (χ3n) is 2.90. The lowest BCUT2D eigenvalue weighted by atomic mass is 10.1. The first-order chi connectivity index (χ1) is 8.08. The highest BCUT2D eigenvalue weighted by Gasteiger charge is 2.21. The molecule has 0 unspecified atom stereocenters. The van der Waals surface area contributed by atoms with Gasteiger partial charge in [-0.1, -0.05) is 6.07 Å². The fourth-order valence-electron chi connectivity index (χ4n) is 1.88. The summed E-state index contributed by atoms with van der Waals surface area (Å²) in [5.41, 5.74) is 8.50. The van der Waals surface area contributed by atoms with Crippen LogP contribution in [0.4, 0.5) is 17.1 Å². The van der Waals surface area contributed by atoms with E-state index in [-0.39, 0.29) is 11.9 Å². The SMILES string of the molecule is CN(C)C(=O)C[C@H]1CNc2cccc(N)c2N1. The number of carbonyl (C=O) groups is 1. The van der Waals surface area contributed by atoms with Gasteiger partial charge in [0.25, 0.3) is 0 Å². The molecular weight excluding hydrogens is 216 g/mol. The minimum Gasteiger partial charge on any atom is -0.397 e. The van der Waals surface area contributed by atoms with Crippen LogP contribution in [0.5, 0.6) is 0 Å². The molecule has 17 heavy (non-hydrogen) atoms. The Hall–Kier alpha value is -1.91. The summed E-state index contributed by atoms with van der Waals surface area (Å²) >= 11 is 0. The molecule has 0 bridgehead atoms. The van der Waals surface area contributed by atoms with Gasteiger partial charge in [-0.25, -0.2) is 0 Å². The quantitative estimate of drug-likeness (QED) is 0.666. The molecule has 0 fully saturated rings. The predicted molar refractivity (Wildman–Crippen MR) is 70.1 cm³/mol.